The van der Waals surface area contributed by atoms with Gasteiger partial charge in [0.15, 0.2) is 5.13 Å². The van der Waals surface area contributed by atoms with Gasteiger partial charge in [-0.15, -0.1) is 22.9 Å². The summed E-state index contributed by atoms with van der Waals surface area (Å²) in [6.07, 6.45) is 0. The molecule has 0 saturated carbocycles. The van der Waals surface area contributed by atoms with Crippen LogP contribution >= 0.6 is 22.9 Å². The number of alkyl halides is 1. The number of amides is 1. The van der Waals surface area contributed by atoms with Gasteiger partial charge >= 0.3 is 0 Å². The minimum Gasteiger partial charge on any atom is -0.378 e. The summed E-state index contributed by atoms with van der Waals surface area (Å²) >= 11 is 7.83. The molecule has 7 heteroatoms. The Bertz CT molecular complexity index is 1250. The van der Waals surface area contributed by atoms with Crippen molar-refractivity contribution in [2.45, 2.75) is 11.4 Å². The van der Waals surface area contributed by atoms with Gasteiger partial charge in [-0.1, -0.05) is 42.5 Å². The molecular formula is C24H21ClN4OS. The van der Waals surface area contributed by atoms with E-state index in [1.54, 1.807) is 4.90 Å². The molecule has 1 saturated heterocycles. The number of hydrogen-bond acceptors (Lipinski definition) is 5. The van der Waals surface area contributed by atoms with E-state index in [1.165, 1.54) is 16.7 Å². The first-order chi connectivity index (χ1) is 15.0. The smallest absolute Gasteiger partial charge is 0.249 e. The third-order valence-corrected chi connectivity index (χ3v) is 6.77. The Labute approximate surface area is 189 Å². The van der Waals surface area contributed by atoms with E-state index < -0.39 is 5.38 Å². The third kappa shape index (κ3) is 3.62. The number of thiazole rings is 1. The number of nitrogens with zero attached hydrogens (tertiary/aromatic N) is 3. The topological polar surface area (TPSA) is 48.5 Å². The van der Waals surface area contributed by atoms with Crippen molar-refractivity contribution in [1.29, 1.82) is 0 Å². The molecule has 2 heterocycles. The maximum Gasteiger partial charge on any atom is 0.249 e. The number of rotatable bonds is 5. The molecule has 0 bridgehead atoms. The lowest BCUT2D eigenvalue weighted by atomic mass is 9.94. The molecule has 4 aromatic rings. The highest BCUT2D eigenvalue weighted by atomic mass is 35.5. The second-order valence-electron chi connectivity index (χ2n) is 7.74. The van der Waals surface area contributed by atoms with Crippen molar-refractivity contribution in [3.8, 4) is 0 Å². The van der Waals surface area contributed by atoms with Crippen LogP contribution in [0.5, 0.6) is 0 Å². The summed E-state index contributed by atoms with van der Waals surface area (Å²) in [6.45, 7) is 0. The van der Waals surface area contributed by atoms with E-state index in [0.717, 1.165) is 22.3 Å². The Morgan fingerprint density at radius 3 is 2.52 bits per heavy atom. The highest BCUT2D eigenvalue weighted by Crippen LogP contribution is 2.44. The molecule has 2 atom stereocenters. The number of nitrogens with one attached hydrogen (secondary N) is 1. The fourth-order valence-corrected chi connectivity index (χ4v) is 4.96. The Balaban J connectivity index is 1.37. The molecule has 5 rings (SSSR count). The number of fused-ring (bicyclic) bond motifs is 1. The monoisotopic (exact) mass is 448 g/mol. The summed E-state index contributed by atoms with van der Waals surface area (Å²) in [5.74, 6) is 0.595. The quantitative estimate of drug-likeness (QED) is 0.309. The van der Waals surface area contributed by atoms with E-state index in [4.69, 9.17) is 11.6 Å². The zero-order valence-corrected chi connectivity index (χ0v) is 18.7. The van der Waals surface area contributed by atoms with E-state index in [0.29, 0.717) is 10.9 Å². The van der Waals surface area contributed by atoms with Crippen molar-refractivity contribution in [3.05, 3.63) is 77.7 Å². The molecule has 1 aromatic heterocycles. The first kappa shape index (κ1) is 19.8. The minimum atomic E-state index is -0.578. The van der Waals surface area contributed by atoms with E-state index in [2.05, 4.69) is 34.6 Å². The number of hydrogen-bond donors (Lipinski definition) is 1. The molecule has 0 radical (unpaired) electrons. The molecule has 1 N–H and O–H groups in total. The van der Waals surface area contributed by atoms with Crippen LogP contribution in [0.1, 0.15) is 11.6 Å². The van der Waals surface area contributed by atoms with Gasteiger partial charge in [0.1, 0.15) is 11.2 Å². The number of halogens is 1. The SMILES string of the molecule is CN(C)c1ccc(C2C(Cl)C(=O)N2c2nc(Nc3ccc4ccccc4c3)cs2)cc1. The van der Waals surface area contributed by atoms with Crippen molar-refractivity contribution in [1.82, 2.24) is 4.98 Å². The molecule has 3 aromatic carbocycles. The minimum absolute atomic E-state index is 0.116. The summed E-state index contributed by atoms with van der Waals surface area (Å²) in [5.41, 5.74) is 3.06. The molecule has 1 amide bonds. The normalized spacial score (nSPS) is 18.2. The van der Waals surface area contributed by atoms with Crippen molar-refractivity contribution in [2.75, 3.05) is 29.2 Å². The lowest BCUT2D eigenvalue weighted by Crippen LogP contribution is -2.56. The number of anilines is 4. The van der Waals surface area contributed by atoms with Crippen LogP contribution in [0.3, 0.4) is 0 Å². The van der Waals surface area contributed by atoms with Crippen LogP contribution in [-0.2, 0) is 4.79 Å². The summed E-state index contributed by atoms with van der Waals surface area (Å²) in [6, 6.07) is 22.3. The van der Waals surface area contributed by atoms with E-state index in [-0.39, 0.29) is 11.9 Å². The Morgan fingerprint density at radius 2 is 1.77 bits per heavy atom. The number of aromatic nitrogens is 1. The molecular weight excluding hydrogens is 428 g/mol. The van der Waals surface area contributed by atoms with Crippen LogP contribution in [0.2, 0.25) is 0 Å². The number of β-lactam (4-membered cyclic amide) rings is 1. The van der Waals surface area contributed by atoms with Gasteiger partial charge in [0.05, 0.1) is 6.04 Å². The maximum atomic E-state index is 12.6. The first-order valence-corrected chi connectivity index (χ1v) is 11.3. The Kier molecular flexibility index (Phi) is 5.04. The zero-order chi connectivity index (χ0) is 21.5. The van der Waals surface area contributed by atoms with Crippen LogP contribution < -0.4 is 15.1 Å². The first-order valence-electron chi connectivity index (χ1n) is 9.97. The highest BCUT2D eigenvalue weighted by molar-refractivity contribution is 7.14. The Morgan fingerprint density at radius 1 is 1.03 bits per heavy atom. The second kappa shape index (κ2) is 7.87. The molecule has 1 aliphatic heterocycles. The fraction of sp³-hybridized carbons (Fsp3) is 0.167. The highest BCUT2D eigenvalue weighted by Gasteiger charge is 2.49. The van der Waals surface area contributed by atoms with Crippen molar-refractivity contribution >= 4 is 61.9 Å². The average molecular weight is 449 g/mol. The van der Waals surface area contributed by atoms with Gasteiger partial charge in [-0.3, -0.25) is 9.69 Å². The fourth-order valence-electron chi connectivity index (χ4n) is 3.80. The van der Waals surface area contributed by atoms with Gasteiger partial charge < -0.3 is 10.2 Å². The van der Waals surface area contributed by atoms with Gasteiger partial charge in [0, 0.05) is 30.9 Å². The van der Waals surface area contributed by atoms with Gasteiger partial charge in [0.25, 0.3) is 0 Å². The number of benzene rings is 3. The molecule has 31 heavy (non-hydrogen) atoms. The predicted molar refractivity (Wildman–Crippen MR) is 130 cm³/mol. The lowest BCUT2D eigenvalue weighted by molar-refractivity contribution is -0.123. The molecule has 0 aliphatic carbocycles. The number of carbonyl (C=O) groups is 1. The average Bonchev–Trinajstić information content (AvgIpc) is 3.24. The summed E-state index contributed by atoms with van der Waals surface area (Å²) in [4.78, 5) is 21.0. The van der Waals surface area contributed by atoms with Gasteiger partial charge in [-0.25, -0.2) is 4.98 Å². The lowest BCUT2D eigenvalue weighted by Gasteiger charge is -2.42. The molecule has 2 unspecified atom stereocenters. The van der Waals surface area contributed by atoms with Crippen LogP contribution in [-0.4, -0.2) is 30.4 Å². The van der Waals surface area contributed by atoms with Gasteiger partial charge in [-0.2, -0.15) is 0 Å². The summed E-state index contributed by atoms with van der Waals surface area (Å²) in [5, 5.41) is 7.68. The van der Waals surface area contributed by atoms with E-state index >= 15 is 0 Å². The van der Waals surface area contributed by atoms with Crippen molar-refractivity contribution in [3.63, 3.8) is 0 Å². The third-order valence-electron chi connectivity index (χ3n) is 5.50. The standard InChI is InChI=1S/C24H21ClN4OS/c1-28(2)19-11-8-16(9-12-19)22-21(25)23(30)29(22)24-27-20(14-31-24)26-18-10-7-15-5-3-4-6-17(15)13-18/h3-14,21-22,26H,1-2H3. The van der Waals surface area contributed by atoms with Crippen LogP contribution in [0, 0.1) is 0 Å². The predicted octanol–water partition coefficient (Wildman–Crippen LogP) is 5.80. The molecule has 1 fully saturated rings. The molecule has 156 valence electrons. The van der Waals surface area contributed by atoms with Crippen LogP contribution in [0.25, 0.3) is 10.8 Å². The van der Waals surface area contributed by atoms with E-state index in [1.807, 2.05) is 66.8 Å². The molecule has 5 nitrogen and oxygen atoms in total. The van der Waals surface area contributed by atoms with Gasteiger partial charge in [-0.05, 0) is 40.6 Å². The van der Waals surface area contributed by atoms with Gasteiger partial charge in [0.2, 0.25) is 5.91 Å². The maximum absolute atomic E-state index is 12.6. The summed E-state index contributed by atoms with van der Waals surface area (Å²) in [7, 11) is 4.00. The molecule has 1 aliphatic rings. The summed E-state index contributed by atoms with van der Waals surface area (Å²) < 4.78 is 0. The van der Waals surface area contributed by atoms with Crippen molar-refractivity contribution in [2.24, 2.45) is 0 Å². The second-order valence-corrected chi connectivity index (χ2v) is 9.05. The van der Waals surface area contributed by atoms with Crippen LogP contribution in [0.15, 0.2) is 72.1 Å². The largest absolute Gasteiger partial charge is 0.378 e. The number of carbonyl (C=O) groups excluding carboxylic acids is 1. The van der Waals surface area contributed by atoms with Crippen LogP contribution in [0.4, 0.5) is 22.3 Å². The van der Waals surface area contributed by atoms with Crippen molar-refractivity contribution < 1.29 is 4.79 Å². The zero-order valence-electron chi connectivity index (χ0n) is 17.1. The van der Waals surface area contributed by atoms with E-state index in [9.17, 15) is 4.79 Å². The molecule has 0 spiro atoms. The Hall–Kier alpha value is -3.09.